The molecule has 0 saturated carbocycles. The first-order valence-electron chi connectivity index (χ1n) is 10.4. The summed E-state index contributed by atoms with van der Waals surface area (Å²) in [5.74, 6) is 0.785. The third-order valence-electron chi connectivity index (χ3n) is 5.36. The van der Waals surface area contributed by atoms with Crippen LogP contribution in [0.2, 0.25) is 0 Å². The molecule has 7 heteroatoms. The van der Waals surface area contributed by atoms with Crippen molar-refractivity contribution in [2.24, 2.45) is 0 Å². The van der Waals surface area contributed by atoms with Gasteiger partial charge in [0.2, 0.25) is 0 Å². The molecule has 6 nitrogen and oxygen atoms in total. The van der Waals surface area contributed by atoms with Gasteiger partial charge >= 0.3 is 0 Å². The van der Waals surface area contributed by atoms with Crippen LogP contribution in [0.25, 0.3) is 22.2 Å². The number of ether oxygens (including phenoxy) is 1. The molecule has 0 aliphatic carbocycles. The Kier molecular flexibility index (Phi) is 5.75. The lowest BCUT2D eigenvalue weighted by molar-refractivity contribution is 0.102. The number of rotatable bonds is 4. The number of aryl methyl sites for hydroxylation is 1. The first-order chi connectivity index (χ1) is 15.7. The Morgan fingerprint density at radius 1 is 1.09 bits per heavy atom. The van der Waals surface area contributed by atoms with Gasteiger partial charge in [0.05, 0.1) is 17.8 Å². The zero-order valence-corrected chi connectivity index (χ0v) is 18.4. The highest BCUT2D eigenvalue weighted by Gasteiger charge is 2.14. The molecule has 1 amide bonds. The normalized spacial score (nSPS) is 13.8. The zero-order valence-electron chi connectivity index (χ0n) is 17.6. The Morgan fingerprint density at radius 3 is 2.78 bits per heavy atom. The fraction of sp³-hybridized carbons (Fsp3) is 0.160. The van der Waals surface area contributed by atoms with Gasteiger partial charge in [-0.3, -0.25) is 14.1 Å². The van der Waals surface area contributed by atoms with E-state index < -0.39 is 0 Å². The molecular formula is C25H22N4O2S. The summed E-state index contributed by atoms with van der Waals surface area (Å²) in [5.41, 5.74) is 6.20. The van der Waals surface area contributed by atoms with Gasteiger partial charge in [-0.15, -0.1) is 0 Å². The summed E-state index contributed by atoms with van der Waals surface area (Å²) in [6, 6.07) is 19.4. The monoisotopic (exact) mass is 442 g/mol. The minimum absolute atomic E-state index is 0.147. The average Bonchev–Trinajstić information content (AvgIpc) is 2.85. The van der Waals surface area contributed by atoms with Gasteiger partial charge in [-0.1, -0.05) is 6.07 Å². The van der Waals surface area contributed by atoms with Crippen LogP contribution in [-0.2, 0) is 4.74 Å². The van der Waals surface area contributed by atoms with E-state index >= 15 is 0 Å². The molecule has 2 aromatic heterocycles. The number of benzene rings is 2. The molecule has 3 heterocycles. The minimum Gasteiger partial charge on any atom is -0.359 e. The first-order valence-corrected chi connectivity index (χ1v) is 11.3. The molecule has 0 radical (unpaired) electrons. The topological polar surface area (TPSA) is 67.4 Å². The number of aromatic nitrogens is 2. The van der Waals surface area contributed by atoms with Crippen LogP contribution in [0.5, 0.6) is 0 Å². The fourth-order valence-electron chi connectivity index (χ4n) is 3.61. The second kappa shape index (κ2) is 8.98. The van der Waals surface area contributed by atoms with Gasteiger partial charge in [0, 0.05) is 46.0 Å². The Labute approximate surface area is 190 Å². The molecule has 0 bridgehead atoms. The summed E-state index contributed by atoms with van der Waals surface area (Å²) >= 11 is 1.73. The second-order valence-corrected chi connectivity index (χ2v) is 8.65. The number of fused-ring (bicyclic) bond motifs is 1. The van der Waals surface area contributed by atoms with Crippen LogP contribution in [0.1, 0.15) is 15.9 Å². The quantitative estimate of drug-likeness (QED) is 0.433. The summed E-state index contributed by atoms with van der Waals surface area (Å²) in [6.45, 7) is 3.37. The van der Waals surface area contributed by atoms with Crippen LogP contribution >= 0.6 is 11.9 Å². The molecule has 1 aliphatic rings. The molecule has 4 aromatic rings. The van der Waals surface area contributed by atoms with E-state index in [4.69, 9.17) is 9.72 Å². The van der Waals surface area contributed by atoms with Crippen molar-refractivity contribution in [3.63, 3.8) is 0 Å². The summed E-state index contributed by atoms with van der Waals surface area (Å²) in [5, 5.41) is 4.01. The van der Waals surface area contributed by atoms with Gasteiger partial charge < -0.3 is 10.1 Å². The van der Waals surface area contributed by atoms with Crippen LogP contribution in [0, 0.1) is 6.92 Å². The van der Waals surface area contributed by atoms with Crippen molar-refractivity contribution in [3.8, 4) is 11.3 Å². The Morgan fingerprint density at radius 2 is 1.97 bits per heavy atom. The smallest absolute Gasteiger partial charge is 0.255 e. The van der Waals surface area contributed by atoms with Gasteiger partial charge in [0.15, 0.2) is 0 Å². The van der Waals surface area contributed by atoms with E-state index in [1.165, 1.54) is 0 Å². The predicted molar refractivity (Wildman–Crippen MR) is 130 cm³/mol. The van der Waals surface area contributed by atoms with E-state index in [-0.39, 0.29) is 5.91 Å². The Balaban J connectivity index is 1.35. The van der Waals surface area contributed by atoms with Gasteiger partial charge in [-0.05, 0) is 79.0 Å². The molecule has 0 spiro atoms. The van der Waals surface area contributed by atoms with Crippen molar-refractivity contribution in [3.05, 3.63) is 84.2 Å². The lowest BCUT2D eigenvalue weighted by Gasteiger charge is -2.27. The number of pyridine rings is 2. The summed E-state index contributed by atoms with van der Waals surface area (Å²) < 4.78 is 7.58. The van der Waals surface area contributed by atoms with E-state index in [1.807, 2.05) is 67.6 Å². The number of nitrogens with one attached hydrogen (secondary N) is 1. The number of anilines is 2. The summed E-state index contributed by atoms with van der Waals surface area (Å²) in [4.78, 5) is 21.7. The van der Waals surface area contributed by atoms with Gasteiger partial charge in [-0.2, -0.15) is 0 Å². The average molecular weight is 443 g/mol. The SMILES string of the molecule is Cc1ccc(NC(=O)c2ccc(N3COCCS3)cc2)cc1-c1ccc2cnccc2n1. The molecule has 1 aliphatic heterocycles. The fourth-order valence-corrected chi connectivity index (χ4v) is 4.45. The highest BCUT2D eigenvalue weighted by atomic mass is 32.2. The maximum Gasteiger partial charge on any atom is 0.255 e. The van der Waals surface area contributed by atoms with Crippen molar-refractivity contribution in [1.29, 1.82) is 0 Å². The van der Waals surface area contributed by atoms with Crippen LogP contribution in [0.4, 0.5) is 11.4 Å². The maximum absolute atomic E-state index is 12.8. The molecule has 1 N–H and O–H groups in total. The molecule has 0 atom stereocenters. The number of hydrogen-bond donors (Lipinski definition) is 1. The molecular weight excluding hydrogens is 420 g/mol. The van der Waals surface area contributed by atoms with Crippen molar-refractivity contribution >= 4 is 40.1 Å². The lowest BCUT2D eigenvalue weighted by Crippen LogP contribution is -2.25. The van der Waals surface area contributed by atoms with Crippen LogP contribution in [-0.4, -0.2) is 35.0 Å². The number of nitrogens with zero attached hydrogens (tertiary/aromatic N) is 3. The molecule has 2 aromatic carbocycles. The number of carbonyl (C=O) groups is 1. The van der Waals surface area contributed by atoms with Gasteiger partial charge in [0.25, 0.3) is 5.91 Å². The summed E-state index contributed by atoms with van der Waals surface area (Å²) in [7, 11) is 0. The number of hydrogen-bond acceptors (Lipinski definition) is 6. The molecule has 160 valence electrons. The molecule has 0 unspecified atom stereocenters. The largest absolute Gasteiger partial charge is 0.359 e. The van der Waals surface area contributed by atoms with E-state index in [1.54, 1.807) is 24.3 Å². The molecule has 1 fully saturated rings. The second-order valence-electron chi connectivity index (χ2n) is 7.54. The van der Waals surface area contributed by atoms with E-state index in [9.17, 15) is 4.79 Å². The third-order valence-corrected chi connectivity index (χ3v) is 6.34. The van der Waals surface area contributed by atoms with Crippen molar-refractivity contribution in [1.82, 2.24) is 9.97 Å². The first kappa shape index (κ1) is 20.5. The predicted octanol–water partition coefficient (Wildman–Crippen LogP) is 5.30. The standard InChI is InChI=1S/C25H22N4O2S/c1-17-2-6-20(14-22(17)24-9-5-19-15-26-11-10-23(19)28-24)27-25(30)18-3-7-21(8-4-18)29-16-31-12-13-32-29/h2-11,14-15H,12-13,16H2,1H3,(H,27,30). The number of amides is 1. The van der Waals surface area contributed by atoms with Gasteiger partial charge in [-0.25, -0.2) is 4.98 Å². The third kappa shape index (κ3) is 4.30. The highest BCUT2D eigenvalue weighted by molar-refractivity contribution is 8.00. The summed E-state index contributed by atoms with van der Waals surface area (Å²) in [6.07, 6.45) is 3.54. The van der Waals surface area contributed by atoms with E-state index in [0.29, 0.717) is 12.3 Å². The molecule has 32 heavy (non-hydrogen) atoms. The van der Waals surface area contributed by atoms with Crippen LogP contribution in [0.15, 0.2) is 73.1 Å². The Hall–Kier alpha value is -3.42. The maximum atomic E-state index is 12.8. The number of carbonyl (C=O) groups excluding carboxylic acids is 1. The van der Waals surface area contributed by atoms with Crippen LogP contribution in [0.3, 0.4) is 0 Å². The molecule has 1 saturated heterocycles. The van der Waals surface area contributed by atoms with Crippen molar-refractivity contribution in [2.75, 3.05) is 28.7 Å². The molecule has 5 rings (SSSR count). The van der Waals surface area contributed by atoms with Crippen molar-refractivity contribution < 1.29 is 9.53 Å². The van der Waals surface area contributed by atoms with Crippen molar-refractivity contribution in [2.45, 2.75) is 6.92 Å². The van der Waals surface area contributed by atoms with E-state index in [0.717, 1.165) is 51.5 Å². The Bertz CT molecular complexity index is 1270. The minimum atomic E-state index is -0.147. The van der Waals surface area contributed by atoms with Crippen LogP contribution < -0.4 is 9.62 Å². The lowest BCUT2D eigenvalue weighted by atomic mass is 10.0. The highest BCUT2D eigenvalue weighted by Crippen LogP contribution is 2.28. The van der Waals surface area contributed by atoms with E-state index in [2.05, 4.69) is 14.6 Å². The van der Waals surface area contributed by atoms with Gasteiger partial charge in [0.1, 0.15) is 6.73 Å². The zero-order chi connectivity index (χ0) is 21.9.